The summed E-state index contributed by atoms with van der Waals surface area (Å²) in [6, 6.07) is 9.91. The minimum absolute atomic E-state index is 0.0587. The van der Waals surface area contributed by atoms with Gasteiger partial charge in [0, 0.05) is 19.3 Å². The number of hydrogen-bond donors (Lipinski definition) is 0. The van der Waals surface area contributed by atoms with Gasteiger partial charge in [-0.2, -0.15) is 0 Å². The Balaban J connectivity index is 1.41. The molecule has 0 spiro atoms. The fourth-order valence-electron chi connectivity index (χ4n) is 3.60. The minimum Gasteiger partial charge on any atom is -0.497 e. The lowest BCUT2D eigenvalue weighted by Gasteiger charge is -2.23. The highest BCUT2D eigenvalue weighted by Crippen LogP contribution is 2.30. The molecule has 8 heteroatoms. The number of ether oxygens (including phenoxy) is 2. The second-order valence-electron chi connectivity index (χ2n) is 6.59. The number of aromatic nitrogens is 2. The molecule has 1 aromatic heterocycles. The molecule has 4 rings (SSSR count). The fourth-order valence-corrected chi connectivity index (χ4v) is 3.95. The highest BCUT2D eigenvalue weighted by atomic mass is 32.2. The Bertz CT molecular complexity index is 817. The van der Waals surface area contributed by atoms with Crippen LogP contribution in [0.3, 0.4) is 0 Å². The van der Waals surface area contributed by atoms with E-state index in [4.69, 9.17) is 9.47 Å². The molecule has 3 heterocycles. The van der Waals surface area contributed by atoms with Gasteiger partial charge in [0.2, 0.25) is 0 Å². The number of methoxy groups -OCH3 is 1. The molecule has 2 saturated heterocycles. The van der Waals surface area contributed by atoms with Crippen molar-refractivity contribution in [1.82, 2.24) is 14.9 Å². The van der Waals surface area contributed by atoms with Crippen LogP contribution < -0.4 is 9.64 Å². The molecular weight excluding hydrogens is 364 g/mol. The Kier molecular flexibility index (Phi) is 5.07. The second-order valence-corrected chi connectivity index (χ2v) is 7.36. The van der Waals surface area contributed by atoms with E-state index in [1.54, 1.807) is 13.3 Å². The Morgan fingerprint density at radius 1 is 1.26 bits per heavy atom. The number of rotatable bonds is 6. The number of amides is 1. The average molecular weight is 386 g/mol. The molecule has 0 bridgehead atoms. The summed E-state index contributed by atoms with van der Waals surface area (Å²) in [7, 11) is 1.65. The van der Waals surface area contributed by atoms with E-state index in [1.165, 1.54) is 17.3 Å². The largest absolute Gasteiger partial charge is 0.497 e. The van der Waals surface area contributed by atoms with Crippen LogP contribution in [0, 0.1) is 0 Å². The van der Waals surface area contributed by atoms with Crippen LogP contribution in [-0.2, 0) is 11.2 Å². The van der Waals surface area contributed by atoms with Crippen LogP contribution in [0.1, 0.15) is 5.56 Å². The first-order valence-corrected chi connectivity index (χ1v) is 10.1. The SMILES string of the molecule is COc1ccc(CCN2C(=O)O[C@H]3CN(c4ccnc(SC)n4)C[C@H]32)cc1. The predicted molar refractivity (Wildman–Crippen MR) is 103 cm³/mol. The first-order chi connectivity index (χ1) is 13.2. The molecule has 7 nitrogen and oxygen atoms in total. The van der Waals surface area contributed by atoms with Crippen LogP contribution in [0.4, 0.5) is 10.6 Å². The topological polar surface area (TPSA) is 67.8 Å². The van der Waals surface area contributed by atoms with Crippen molar-refractivity contribution >= 4 is 23.7 Å². The summed E-state index contributed by atoms with van der Waals surface area (Å²) in [6.07, 6.45) is 4.19. The van der Waals surface area contributed by atoms with E-state index in [9.17, 15) is 4.79 Å². The summed E-state index contributed by atoms with van der Waals surface area (Å²) >= 11 is 1.52. The van der Waals surface area contributed by atoms with Gasteiger partial charge in [0.1, 0.15) is 17.7 Å². The molecule has 27 heavy (non-hydrogen) atoms. The average Bonchev–Trinajstić information content (AvgIpc) is 3.24. The van der Waals surface area contributed by atoms with Gasteiger partial charge >= 0.3 is 6.09 Å². The molecule has 0 radical (unpaired) electrons. The van der Waals surface area contributed by atoms with Crippen molar-refractivity contribution < 1.29 is 14.3 Å². The van der Waals surface area contributed by atoms with Gasteiger partial charge in [0.05, 0.1) is 19.7 Å². The van der Waals surface area contributed by atoms with Crippen molar-refractivity contribution in [3.05, 3.63) is 42.1 Å². The van der Waals surface area contributed by atoms with Gasteiger partial charge < -0.3 is 14.4 Å². The molecule has 1 amide bonds. The normalized spacial score (nSPS) is 21.3. The lowest BCUT2D eigenvalue weighted by Crippen LogP contribution is -2.39. The molecule has 0 N–H and O–H groups in total. The number of carbonyl (C=O) groups excluding carboxylic acids is 1. The van der Waals surface area contributed by atoms with Gasteiger partial charge in [-0.25, -0.2) is 14.8 Å². The van der Waals surface area contributed by atoms with E-state index in [0.717, 1.165) is 29.7 Å². The maximum atomic E-state index is 12.3. The van der Waals surface area contributed by atoms with Crippen LogP contribution in [-0.4, -0.2) is 66.1 Å². The maximum Gasteiger partial charge on any atom is 0.410 e. The molecule has 1 aromatic carbocycles. The fraction of sp³-hybridized carbons (Fsp3) is 0.421. The van der Waals surface area contributed by atoms with Crippen molar-refractivity contribution in [2.45, 2.75) is 23.7 Å². The minimum atomic E-state index is -0.217. The zero-order valence-electron chi connectivity index (χ0n) is 15.4. The van der Waals surface area contributed by atoms with Crippen molar-refractivity contribution in [2.24, 2.45) is 0 Å². The third-order valence-electron chi connectivity index (χ3n) is 5.05. The number of carbonyl (C=O) groups is 1. The Morgan fingerprint density at radius 2 is 2.07 bits per heavy atom. The zero-order chi connectivity index (χ0) is 18.8. The number of thioether (sulfide) groups is 1. The van der Waals surface area contributed by atoms with Crippen LogP contribution in [0.5, 0.6) is 5.75 Å². The lowest BCUT2D eigenvalue weighted by molar-refractivity contribution is 0.136. The van der Waals surface area contributed by atoms with Gasteiger partial charge in [-0.3, -0.25) is 4.90 Å². The van der Waals surface area contributed by atoms with Crippen LogP contribution >= 0.6 is 11.8 Å². The summed E-state index contributed by atoms with van der Waals surface area (Å²) in [4.78, 5) is 25.1. The van der Waals surface area contributed by atoms with Gasteiger partial charge in [-0.05, 0) is 36.4 Å². The quantitative estimate of drug-likeness (QED) is 0.558. The predicted octanol–water partition coefficient (Wildman–Crippen LogP) is 2.46. The Labute approximate surface area is 162 Å². The summed E-state index contributed by atoms with van der Waals surface area (Å²) in [5, 5.41) is 0.748. The Hall–Kier alpha value is -2.48. The van der Waals surface area contributed by atoms with Gasteiger partial charge in [0.15, 0.2) is 5.16 Å². The van der Waals surface area contributed by atoms with E-state index >= 15 is 0 Å². The summed E-state index contributed by atoms with van der Waals surface area (Å²) in [6.45, 7) is 2.03. The first-order valence-electron chi connectivity index (χ1n) is 8.90. The van der Waals surface area contributed by atoms with Crippen LogP contribution in [0.25, 0.3) is 0 Å². The summed E-state index contributed by atoms with van der Waals surface area (Å²) in [5.74, 6) is 1.72. The van der Waals surface area contributed by atoms with E-state index in [1.807, 2.05) is 41.5 Å². The summed E-state index contributed by atoms with van der Waals surface area (Å²) < 4.78 is 10.8. The van der Waals surface area contributed by atoms with E-state index in [-0.39, 0.29) is 18.2 Å². The number of hydrogen-bond acceptors (Lipinski definition) is 7. The van der Waals surface area contributed by atoms with Gasteiger partial charge in [0.25, 0.3) is 0 Å². The van der Waals surface area contributed by atoms with Crippen molar-refractivity contribution in [1.29, 1.82) is 0 Å². The zero-order valence-corrected chi connectivity index (χ0v) is 16.2. The van der Waals surface area contributed by atoms with Gasteiger partial charge in [-0.15, -0.1) is 0 Å². The van der Waals surface area contributed by atoms with E-state index in [0.29, 0.717) is 13.1 Å². The first kappa shape index (κ1) is 17.9. The number of nitrogens with zero attached hydrogens (tertiary/aromatic N) is 4. The standard InChI is InChI=1S/C19H22N4O3S/c1-25-14-5-3-13(4-6-14)8-10-23-15-11-22(12-16(15)26-19(23)24)17-7-9-20-18(21-17)27-2/h3-7,9,15-16H,8,10-12H2,1-2H3/t15-,16+/m1/s1. The number of benzene rings is 1. The smallest absolute Gasteiger partial charge is 0.410 e. The van der Waals surface area contributed by atoms with Crippen molar-refractivity contribution in [2.75, 3.05) is 37.9 Å². The van der Waals surface area contributed by atoms with Crippen LogP contribution in [0.15, 0.2) is 41.7 Å². The van der Waals surface area contributed by atoms with E-state index < -0.39 is 0 Å². The van der Waals surface area contributed by atoms with Crippen LogP contribution in [0.2, 0.25) is 0 Å². The van der Waals surface area contributed by atoms with Gasteiger partial charge in [-0.1, -0.05) is 23.9 Å². The third kappa shape index (κ3) is 3.66. The molecule has 0 saturated carbocycles. The Morgan fingerprint density at radius 3 is 2.81 bits per heavy atom. The highest BCUT2D eigenvalue weighted by Gasteiger charge is 2.47. The molecule has 2 atom stereocenters. The molecule has 2 aliphatic heterocycles. The van der Waals surface area contributed by atoms with E-state index in [2.05, 4.69) is 14.9 Å². The summed E-state index contributed by atoms with van der Waals surface area (Å²) in [5.41, 5.74) is 1.17. The van der Waals surface area contributed by atoms with Crippen molar-refractivity contribution in [3.8, 4) is 5.75 Å². The highest BCUT2D eigenvalue weighted by molar-refractivity contribution is 7.98. The molecule has 142 valence electrons. The molecule has 2 aromatic rings. The maximum absolute atomic E-state index is 12.3. The molecule has 0 aliphatic carbocycles. The molecule has 0 unspecified atom stereocenters. The number of fused-ring (bicyclic) bond motifs is 1. The van der Waals surface area contributed by atoms with Crippen molar-refractivity contribution in [3.63, 3.8) is 0 Å². The number of anilines is 1. The molecular formula is C19H22N4O3S. The monoisotopic (exact) mass is 386 g/mol. The molecule has 2 fully saturated rings. The lowest BCUT2D eigenvalue weighted by atomic mass is 10.1. The molecule has 2 aliphatic rings. The third-order valence-corrected chi connectivity index (χ3v) is 5.61. The second kappa shape index (κ2) is 7.64.